The summed E-state index contributed by atoms with van der Waals surface area (Å²) in [7, 11) is -3.90. The summed E-state index contributed by atoms with van der Waals surface area (Å²) in [5.41, 5.74) is 1.33. The second-order valence-electron chi connectivity index (χ2n) is 7.01. The number of nitrogens with zero attached hydrogens (tertiary/aromatic N) is 3. The highest BCUT2D eigenvalue weighted by atomic mass is 35.5. The van der Waals surface area contributed by atoms with E-state index in [0.717, 1.165) is 10.5 Å². The number of amides is 2. The molecule has 2 amide bonds. The Morgan fingerprint density at radius 1 is 0.879 bits per heavy atom. The highest BCUT2D eigenvalue weighted by Gasteiger charge is 2.37. The molecule has 2 heterocycles. The van der Waals surface area contributed by atoms with E-state index in [4.69, 9.17) is 11.6 Å². The molecular weight excluding hydrogens is 466 g/mol. The Labute approximate surface area is 195 Å². The fourth-order valence-corrected chi connectivity index (χ4v) is 4.32. The van der Waals surface area contributed by atoms with E-state index in [1.165, 1.54) is 36.7 Å². The molecule has 0 atom stereocenters. The molecule has 0 saturated carbocycles. The fraction of sp³-hybridized carbons (Fsp3) is 0.0909. The van der Waals surface area contributed by atoms with E-state index < -0.39 is 21.8 Å². The van der Waals surface area contributed by atoms with Crippen LogP contribution in [-0.4, -0.2) is 41.6 Å². The van der Waals surface area contributed by atoms with Gasteiger partial charge in [-0.05, 0) is 42.3 Å². The average Bonchev–Trinajstić information content (AvgIpc) is 3.02. The van der Waals surface area contributed by atoms with Gasteiger partial charge < -0.3 is 5.32 Å². The normalized spacial score (nSPS) is 14.0. The number of nitrogens with one attached hydrogen (secondary N) is 2. The number of imide groups is 1. The molecule has 1 aliphatic rings. The van der Waals surface area contributed by atoms with Gasteiger partial charge in [0.05, 0.1) is 4.90 Å². The second kappa shape index (κ2) is 9.39. The van der Waals surface area contributed by atoms with Gasteiger partial charge in [0.25, 0.3) is 21.8 Å². The first-order chi connectivity index (χ1) is 15.8. The largest absolute Gasteiger partial charge is 0.350 e. The van der Waals surface area contributed by atoms with Crippen molar-refractivity contribution in [3.8, 4) is 0 Å². The number of benzene rings is 2. The van der Waals surface area contributed by atoms with Crippen LogP contribution < -0.4 is 10.0 Å². The van der Waals surface area contributed by atoms with Crippen LogP contribution in [0.5, 0.6) is 0 Å². The first-order valence-corrected chi connectivity index (χ1v) is 11.7. The number of aromatic nitrogens is 2. The Morgan fingerprint density at radius 2 is 1.55 bits per heavy atom. The van der Waals surface area contributed by atoms with Gasteiger partial charge in [0.15, 0.2) is 0 Å². The van der Waals surface area contributed by atoms with Crippen LogP contribution >= 0.6 is 11.6 Å². The lowest BCUT2D eigenvalue weighted by atomic mass is 10.1. The Balaban J connectivity index is 1.44. The molecule has 0 spiro atoms. The smallest absolute Gasteiger partial charge is 0.278 e. The lowest BCUT2D eigenvalue weighted by Gasteiger charge is -2.15. The molecule has 33 heavy (non-hydrogen) atoms. The Hall–Kier alpha value is -3.76. The van der Waals surface area contributed by atoms with Crippen LogP contribution in [0.2, 0.25) is 0 Å². The van der Waals surface area contributed by atoms with Crippen molar-refractivity contribution in [1.29, 1.82) is 0 Å². The van der Waals surface area contributed by atoms with Gasteiger partial charge in [0, 0.05) is 24.6 Å². The maximum atomic E-state index is 12.8. The minimum absolute atomic E-state index is 0.0288. The first kappa shape index (κ1) is 22.4. The molecule has 3 aromatic rings. The monoisotopic (exact) mass is 483 g/mol. The molecule has 0 bridgehead atoms. The molecule has 11 heteroatoms. The Bertz CT molecular complexity index is 1310. The van der Waals surface area contributed by atoms with Gasteiger partial charge in [-0.1, -0.05) is 41.9 Å². The van der Waals surface area contributed by atoms with E-state index in [1.54, 1.807) is 6.07 Å². The van der Waals surface area contributed by atoms with E-state index in [9.17, 15) is 18.0 Å². The highest BCUT2D eigenvalue weighted by Crippen LogP contribution is 2.26. The molecule has 0 fully saturated rings. The zero-order valence-corrected chi connectivity index (χ0v) is 18.7. The topological polar surface area (TPSA) is 121 Å². The predicted molar refractivity (Wildman–Crippen MR) is 123 cm³/mol. The third kappa shape index (κ3) is 5.02. The summed E-state index contributed by atoms with van der Waals surface area (Å²) in [6.07, 6.45) is 3.33. The zero-order chi connectivity index (χ0) is 23.4. The van der Waals surface area contributed by atoms with Crippen molar-refractivity contribution in [3.05, 3.63) is 89.4 Å². The number of anilines is 2. The summed E-state index contributed by atoms with van der Waals surface area (Å²) >= 11 is 6.13. The molecule has 0 saturated heterocycles. The van der Waals surface area contributed by atoms with Crippen molar-refractivity contribution < 1.29 is 18.0 Å². The summed E-state index contributed by atoms with van der Waals surface area (Å²) in [5, 5.41) is 2.61. The number of carbonyl (C=O) groups excluding carboxylic acids is 2. The molecule has 2 aromatic carbocycles. The Kier molecular flexibility index (Phi) is 6.38. The fourth-order valence-electron chi connectivity index (χ4n) is 3.14. The number of rotatable bonds is 8. The molecule has 9 nitrogen and oxygen atoms in total. The first-order valence-electron chi connectivity index (χ1n) is 9.82. The molecule has 4 rings (SSSR count). The number of sulfonamides is 1. The van der Waals surface area contributed by atoms with E-state index in [2.05, 4.69) is 20.0 Å². The molecular formula is C22H18ClN5O4S. The van der Waals surface area contributed by atoms with Gasteiger partial charge in [-0.15, -0.1) is 0 Å². The summed E-state index contributed by atoms with van der Waals surface area (Å²) in [6.45, 7) is 0.188. The third-order valence-electron chi connectivity index (χ3n) is 4.80. The van der Waals surface area contributed by atoms with E-state index >= 15 is 0 Å². The molecule has 2 N–H and O–H groups in total. The van der Waals surface area contributed by atoms with Crippen molar-refractivity contribution in [2.45, 2.75) is 11.3 Å². The van der Waals surface area contributed by atoms with Crippen LogP contribution in [0, 0.1) is 0 Å². The lowest BCUT2D eigenvalue weighted by molar-refractivity contribution is -0.137. The van der Waals surface area contributed by atoms with Gasteiger partial charge in [-0.3, -0.25) is 14.5 Å². The minimum atomic E-state index is -3.90. The summed E-state index contributed by atoms with van der Waals surface area (Å²) in [6, 6.07) is 16.6. The Morgan fingerprint density at radius 3 is 2.21 bits per heavy atom. The van der Waals surface area contributed by atoms with Crippen LogP contribution in [0.3, 0.4) is 0 Å². The number of hydrogen-bond donors (Lipinski definition) is 2. The van der Waals surface area contributed by atoms with Crippen molar-refractivity contribution in [2.75, 3.05) is 16.6 Å². The summed E-state index contributed by atoms with van der Waals surface area (Å²) in [5.74, 6) is -1.17. The molecule has 1 aromatic heterocycles. The maximum Gasteiger partial charge on any atom is 0.278 e. The number of carbonyl (C=O) groups is 2. The van der Waals surface area contributed by atoms with Crippen LogP contribution in [0.4, 0.5) is 11.6 Å². The van der Waals surface area contributed by atoms with Crippen LogP contribution in [0.25, 0.3) is 0 Å². The third-order valence-corrected chi connectivity index (χ3v) is 6.50. The molecule has 1 aliphatic heterocycles. The molecule has 0 radical (unpaired) electrons. The van der Waals surface area contributed by atoms with Gasteiger partial charge in [-0.25, -0.2) is 23.1 Å². The number of halogens is 1. The minimum Gasteiger partial charge on any atom is -0.350 e. The lowest BCUT2D eigenvalue weighted by Crippen LogP contribution is -2.34. The quantitative estimate of drug-likeness (QED) is 0.472. The maximum absolute atomic E-state index is 12.8. The average molecular weight is 484 g/mol. The van der Waals surface area contributed by atoms with Crippen molar-refractivity contribution >= 4 is 45.1 Å². The van der Waals surface area contributed by atoms with Gasteiger partial charge in [-0.2, -0.15) is 0 Å². The van der Waals surface area contributed by atoms with Gasteiger partial charge in [0.2, 0.25) is 5.95 Å². The van der Waals surface area contributed by atoms with Crippen molar-refractivity contribution in [1.82, 2.24) is 14.9 Å². The second-order valence-corrected chi connectivity index (χ2v) is 9.07. The summed E-state index contributed by atoms with van der Waals surface area (Å²) in [4.78, 5) is 34.0. The molecule has 0 aliphatic carbocycles. The molecule has 0 unspecified atom stereocenters. The number of hydrogen-bond acceptors (Lipinski definition) is 7. The SMILES string of the molecule is O=C1C(Cl)=C(Nc2ccc(S(=O)(=O)Nc3ncccn3)cc2)C(=O)N1CCc1ccccc1. The van der Waals surface area contributed by atoms with Gasteiger partial charge >= 0.3 is 0 Å². The van der Waals surface area contributed by atoms with E-state index in [1.807, 2.05) is 30.3 Å². The van der Waals surface area contributed by atoms with Crippen molar-refractivity contribution in [2.24, 2.45) is 0 Å². The van der Waals surface area contributed by atoms with E-state index in [0.29, 0.717) is 12.1 Å². The highest BCUT2D eigenvalue weighted by molar-refractivity contribution is 7.92. The van der Waals surface area contributed by atoms with Crippen molar-refractivity contribution in [3.63, 3.8) is 0 Å². The van der Waals surface area contributed by atoms with Crippen LogP contribution in [-0.2, 0) is 26.0 Å². The zero-order valence-electron chi connectivity index (χ0n) is 17.1. The van der Waals surface area contributed by atoms with Gasteiger partial charge in [0.1, 0.15) is 10.7 Å². The predicted octanol–water partition coefficient (Wildman–Crippen LogP) is 2.75. The standard InChI is InChI=1S/C22H18ClN5O4S/c23-18-19(21(30)28(20(18)29)14-11-15-5-2-1-3-6-15)26-16-7-9-17(10-8-16)33(31,32)27-22-24-12-4-13-25-22/h1-10,12-13,26H,11,14H2,(H,24,25,27). The van der Waals surface area contributed by atoms with Crippen LogP contribution in [0.15, 0.2) is 88.7 Å². The molecule has 168 valence electrons. The summed E-state index contributed by atoms with van der Waals surface area (Å²) < 4.78 is 27.3. The van der Waals surface area contributed by atoms with E-state index in [-0.39, 0.29) is 28.1 Å². The van der Waals surface area contributed by atoms with Crippen LogP contribution in [0.1, 0.15) is 5.56 Å².